The van der Waals surface area contributed by atoms with Gasteiger partial charge in [-0.3, -0.25) is 9.59 Å². The summed E-state index contributed by atoms with van der Waals surface area (Å²) in [5.41, 5.74) is 2.44. The van der Waals surface area contributed by atoms with Crippen molar-refractivity contribution < 1.29 is 23.5 Å². The van der Waals surface area contributed by atoms with Gasteiger partial charge in [-0.15, -0.1) is 0 Å². The molecular weight excluding hydrogens is 349 g/mol. The van der Waals surface area contributed by atoms with Crippen molar-refractivity contribution in [3.05, 3.63) is 59.4 Å². The van der Waals surface area contributed by atoms with Crippen LogP contribution in [-0.4, -0.2) is 25.5 Å². The number of ether oxygens (including phenoxy) is 2. The molecule has 0 N–H and O–H groups in total. The van der Waals surface area contributed by atoms with Gasteiger partial charge in [-0.1, -0.05) is 31.2 Å². The Morgan fingerprint density at radius 3 is 2.74 bits per heavy atom. The average molecular weight is 371 g/mol. The topological polar surface area (TPSA) is 55.8 Å². The van der Waals surface area contributed by atoms with E-state index >= 15 is 0 Å². The first-order valence-electron chi connectivity index (χ1n) is 8.90. The van der Waals surface area contributed by atoms with Gasteiger partial charge in [0.2, 0.25) is 5.91 Å². The Hall–Kier alpha value is -2.89. The van der Waals surface area contributed by atoms with Crippen molar-refractivity contribution in [3.63, 3.8) is 0 Å². The van der Waals surface area contributed by atoms with Crippen molar-refractivity contribution in [2.75, 3.05) is 18.6 Å². The molecule has 0 bridgehead atoms. The summed E-state index contributed by atoms with van der Waals surface area (Å²) in [6.45, 7) is 2.28. The minimum Gasteiger partial charge on any atom is -0.494 e. The fourth-order valence-corrected chi connectivity index (χ4v) is 3.24. The maximum Gasteiger partial charge on any atom is 0.311 e. The van der Waals surface area contributed by atoms with Gasteiger partial charge in [0.15, 0.2) is 11.6 Å². The molecule has 1 heterocycles. The number of anilines is 1. The number of carbonyl (C=O) groups excluding carboxylic acids is 2. The lowest BCUT2D eigenvalue weighted by molar-refractivity contribution is -0.149. The van der Waals surface area contributed by atoms with E-state index < -0.39 is 17.7 Å². The minimum absolute atomic E-state index is 0.0456. The molecule has 2 aromatic rings. The number of benzene rings is 2. The first kappa shape index (κ1) is 18.9. The predicted octanol–water partition coefficient (Wildman–Crippen LogP) is 3.49. The molecule has 1 aliphatic rings. The summed E-state index contributed by atoms with van der Waals surface area (Å²) in [4.78, 5) is 26.4. The lowest BCUT2D eigenvalue weighted by Gasteiger charge is -2.19. The Balaban J connectivity index is 1.63. The van der Waals surface area contributed by atoms with Gasteiger partial charge in [0.05, 0.1) is 13.0 Å². The quantitative estimate of drug-likeness (QED) is 0.730. The van der Waals surface area contributed by atoms with Crippen molar-refractivity contribution in [2.45, 2.75) is 26.4 Å². The lowest BCUT2D eigenvalue weighted by atomic mass is 10.1. The van der Waals surface area contributed by atoms with Crippen LogP contribution in [0.2, 0.25) is 0 Å². The number of hydrogen-bond donors (Lipinski definition) is 0. The van der Waals surface area contributed by atoms with Crippen molar-refractivity contribution in [2.24, 2.45) is 5.92 Å². The van der Waals surface area contributed by atoms with E-state index in [0.717, 1.165) is 17.7 Å². The number of methoxy groups -OCH3 is 1. The SMILES string of the molecule is CCc1ccccc1N1C[C@@H](C(=O)OCc2ccc(OC)c(F)c2)CC1=O. The van der Waals surface area contributed by atoms with Gasteiger partial charge in [-0.05, 0) is 35.7 Å². The third-order valence-electron chi connectivity index (χ3n) is 4.72. The number of para-hydroxylation sites is 1. The molecule has 0 aliphatic carbocycles. The first-order valence-corrected chi connectivity index (χ1v) is 8.90. The molecule has 1 amide bonds. The molecule has 142 valence electrons. The van der Waals surface area contributed by atoms with Crippen LogP contribution in [0, 0.1) is 11.7 Å². The largest absolute Gasteiger partial charge is 0.494 e. The van der Waals surface area contributed by atoms with E-state index in [2.05, 4.69) is 0 Å². The van der Waals surface area contributed by atoms with E-state index in [0.29, 0.717) is 12.1 Å². The monoisotopic (exact) mass is 371 g/mol. The van der Waals surface area contributed by atoms with Gasteiger partial charge in [-0.25, -0.2) is 4.39 Å². The van der Waals surface area contributed by atoms with Crippen molar-refractivity contribution in [1.82, 2.24) is 0 Å². The van der Waals surface area contributed by atoms with E-state index in [1.807, 2.05) is 31.2 Å². The molecule has 0 aromatic heterocycles. The van der Waals surface area contributed by atoms with Gasteiger partial charge >= 0.3 is 5.97 Å². The summed E-state index contributed by atoms with van der Waals surface area (Å²) in [5, 5.41) is 0. The highest BCUT2D eigenvalue weighted by atomic mass is 19.1. The van der Waals surface area contributed by atoms with Crippen LogP contribution in [0.4, 0.5) is 10.1 Å². The first-order chi connectivity index (χ1) is 13.0. The number of aryl methyl sites for hydroxylation is 1. The highest BCUT2D eigenvalue weighted by Crippen LogP contribution is 2.29. The zero-order chi connectivity index (χ0) is 19.4. The Bertz CT molecular complexity index is 852. The molecular formula is C21H22FNO4. The summed E-state index contributed by atoms with van der Waals surface area (Å²) < 4.78 is 23.9. The third kappa shape index (κ3) is 4.10. The van der Waals surface area contributed by atoms with Crippen LogP contribution < -0.4 is 9.64 Å². The second-order valence-corrected chi connectivity index (χ2v) is 6.46. The number of amides is 1. The second-order valence-electron chi connectivity index (χ2n) is 6.46. The normalized spacial score (nSPS) is 16.5. The number of hydrogen-bond acceptors (Lipinski definition) is 4. The molecule has 1 fully saturated rings. The summed E-state index contributed by atoms with van der Waals surface area (Å²) in [6.07, 6.45) is 0.923. The molecule has 0 spiro atoms. The van der Waals surface area contributed by atoms with Crippen LogP contribution in [0.25, 0.3) is 0 Å². The Labute approximate surface area is 157 Å². The fraction of sp³-hybridized carbons (Fsp3) is 0.333. The van der Waals surface area contributed by atoms with Gasteiger partial charge in [0.1, 0.15) is 6.61 Å². The van der Waals surface area contributed by atoms with Crippen LogP contribution >= 0.6 is 0 Å². The van der Waals surface area contributed by atoms with E-state index in [-0.39, 0.29) is 24.7 Å². The van der Waals surface area contributed by atoms with Crippen molar-refractivity contribution in [1.29, 1.82) is 0 Å². The summed E-state index contributed by atoms with van der Waals surface area (Å²) in [5.74, 6) is -1.43. The van der Waals surface area contributed by atoms with Crippen LogP contribution in [0.1, 0.15) is 24.5 Å². The average Bonchev–Trinajstić information content (AvgIpc) is 3.07. The zero-order valence-corrected chi connectivity index (χ0v) is 15.4. The van der Waals surface area contributed by atoms with Gasteiger partial charge in [0, 0.05) is 18.7 Å². The number of esters is 1. The van der Waals surface area contributed by atoms with Crippen molar-refractivity contribution in [3.8, 4) is 5.75 Å². The molecule has 2 aromatic carbocycles. The molecule has 0 radical (unpaired) electrons. The summed E-state index contributed by atoms with van der Waals surface area (Å²) in [6, 6.07) is 12.1. The van der Waals surface area contributed by atoms with Crippen LogP contribution in [0.5, 0.6) is 5.75 Å². The summed E-state index contributed by atoms with van der Waals surface area (Å²) in [7, 11) is 1.39. The lowest BCUT2D eigenvalue weighted by Crippen LogP contribution is -2.27. The van der Waals surface area contributed by atoms with E-state index in [1.54, 1.807) is 11.0 Å². The highest BCUT2D eigenvalue weighted by molar-refractivity contribution is 6.00. The molecule has 1 aliphatic heterocycles. The predicted molar refractivity (Wildman–Crippen MR) is 99.0 cm³/mol. The molecule has 27 heavy (non-hydrogen) atoms. The third-order valence-corrected chi connectivity index (χ3v) is 4.72. The van der Waals surface area contributed by atoms with Gasteiger partial charge in [-0.2, -0.15) is 0 Å². The molecule has 6 heteroatoms. The summed E-state index contributed by atoms with van der Waals surface area (Å²) >= 11 is 0. The van der Waals surface area contributed by atoms with Crippen LogP contribution in [0.15, 0.2) is 42.5 Å². The zero-order valence-electron chi connectivity index (χ0n) is 15.4. The maximum absolute atomic E-state index is 13.7. The van der Waals surface area contributed by atoms with Gasteiger partial charge in [0.25, 0.3) is 0 Å². The van der Waals surface area contributed by atoms with Crippen molar-refractivity contribution >= 4 is 17.6 Å². The number of halogens is 1. The van der Waals surface area contributed by atoms with Crippen LogP contribution in [0.3, 0.4) is 0 Å². The highest BCUT2D eigenvalue weighted by Gasteiger charge is 2.36. The van der Waals surface area contributed by atoms with E-state index in [1.165, 1.54) is 19.2 Å². The number of rotatable bonds is 6. The molecule has 3 rings (SSSR count). The Morgan fingerprint density at radius 2 is 2.04 bits per heavy atom. The van der Waals surface area contributed by atoms with Crippen LogP contribution in [-0.2, 0) is 27.4 Å². The molecule has 0 unspecified atom stereocenters. The Kier molecular flexibility index (Phi) is 5.74. The smallest absolute Gasteiger partial charge is 0.311 e. The maximum atomic E-state index is 13.7. The molecule has 0 saturated carbocycles. The molecule has 1 saturated heterocycles. The Morgan fingerprint density at radius 1 is 1.26 bits per heavy atom. The fourth-order valence-electron chi connectivity index (χ4n) is 3.24. The minimum atomic E-state index is -0.523. The van der Waals surface area contributed by atoms with Gasteiger partial charge < -0.3 is 14.4 Å². The number of carbonyl (C=O) groups is 2. The standard InChI is InChI=1S/C21H22FNO4/c1-3-15-6-4-5-7-18(15)23-12-16(11-20(23)24)21(25)27-13-14-8-9-19(26-2)17(22)10-14/h4-10,16H,3,11-13H2,1-2H3/t16-/m0/s1. The van der Waals surface area contributed by atoms with E-state index in [9.17, 15) is 14.0 Å². The molecule has 5 nitrogen and oxygen atoms in total. The van der Waals surface area contributed by atoms with E-state index in [4.69, 9.17) is 9.47 Å². The second kappa shape index (κ2) is 8.20. The number of nitrogens with zero attached hydrogens (tertiary/aromatic N) is 1. The molecule has 1 atom stereocenters.